The third kappa shape index (κ3) is 1.84. The summed E-state index contributed by atoms with van der Waals surface area (Å²) in [6, 6.07) is 5.37. The standard InChI is InChI=1S/C17H20N2O4/c1-11-4-3-5-12(22-2)15(11)16(21)18-7-6-17-13(18)10-14(20)19(17)8-9-23-17/h3-5,13H,6-10H2,1-2H3/t13-,17+/m1/s1. The zero-order chi connectivity index (χ0) is 16.2. The van der Waals surface area contributed by atoms with Gasteiger partial charge in [-0.15, -0.1) is 0 Å². The molecule has 2 amide bonds. The monoisotopic (exact) mass is 316 g/mol. The van der Waals surface area contributed by atoms with Gasteiger partial charge in [-0.3, -0.25) is 9.59 Å². The van der Waals surface area contributed by atoms with Crippen molar-refractivity contribution in [1.29, 1.82) is 0 Å². The molecule has 0 aromatic heterocycles. The smallest absolute Gasteiger partial charge is 0.258 e. The molecule has 1 aromatic carbocycles. The summed E-state index contributed by atoms with van der Waals surface area (Å²) in [7, 11) is 1.57. The first-order valence-corrected chi connectivity index (χ1v) is 7.97. The molecule has 122 valence electrons. The van der Waals surface area contributed by atoms with Gasteiger partial charge < -0.3 is 19.3 Å². The van der Waals surface area contributed by atoms with E-state index >= 15 is 0 Å². The predicted molar refractivity (Wildman–Crippen MR) is 82.2 cm³/mol. The van der Waals surface area contributed by atoms with Crippen molar-refractivity contribution >= 4 is 11.8 Å². The van der Waals surface area contributed by atoms with Crippen LogP contribution >= 0.6 is 0 Å². The zero-order valence-corrected chi connectivity index (χ0v) is 13.4. The van der Waals surface area contributed by atoms with Crippen LogP contribution in [0.4, 0.5) is 0 Å². The van der Waals surface area contributed by atoms with Crippen molar-refractivity contribution in [1.82, 2.24) is 9.80 Å². The Bertz CT molecular complexity index is 689. The molecule has 3 fully saturated rings. The molecule has 6 nitrogen and oxygen atoms in total. The number of carbonyl (C=O) groups excluding carboxylic acids is 2. The minimum atomic E-state index is -0.595. The van der Waals surface area contributed by atoms with Crippen molar-refractivity contribution in [2.75, 3.05) is 26.8 Å². The summed E-state index contributed by atoms with van der Waals surface area (Å²) in [5.41, 5.74) is 0.864. The van der Waals surface area contributed by atoms with E-state index < -0.39 is 5.72 Å². The van der Waals surface area contributed by atoms with Gasteiger partial charge in [0.15, 0.2) is 5.72 Å². The number of amides is 2. The zero-order valence-electron chi connectivity index (χ0n) is 13.4. The minimum absolute atomic E-state index is 0.0769. The normalized spacial score (nSPS) is 29.0. The van der Waals surface area contributed by atoms with Gasteiger partial charge in [0.25, 0.3) is 5.91 Å². The van der Waals surface area contributed by atoms with E-state index in [4.69, 9.17) is 9.47 Å². The number of ether oxygens (including phenoxy) is 2. The number of likely N-dealkylation sites (tertiary alicyclic amines) is 1. The van der Waals surface area contributed by atoms with Crippen LogP contribution in [0.25, 0.3) is 0 Å². The van der Waals surface area contributed by atoms with Crippen LogP contribution in [0.3, 0.4) is 0 Å². The number of carbonyl (C=O) groups is 2. The molecular formula is C17H20N2O4. The van der Waals surface area contributed by atoms with E-state index in [9.17, 15) is 9.59 Å². The summed E-state index contributed by atoms with van der Waals surface area (Å²) in [4.78, 5) is 29.0. The van der Waals surface area contributed by atoms with Gasteiger partial charge in [-0.05, 0) is 18.6 Å². The third-order valence-corrected chi connectivity index (χ3v) is 5.33. The Labute approximate surface area is 134 Å². The Balaban J connectivity index is 1.70. The first-order valence-electron chi connectivity index (χ1n) is 7.97. The molecule has 3 saturated heterocycles. The highest BCUT2D eigenvalue weighted by molar-refractivity contribution is 5.99. The average Bonchev–Trinajstić information content (AvgIpc) is 3.18. The van der Waals surface area contributed by atoms with Gasteiger partial charge >= 0.3 is 0 Å². The molecule has 3 heterocycles. The number of hydrogen-bond donors (Lipinski definition) is 0. The molecule has 0 saturated carbocycles. The molecule has 4 rings (SSSR count). The quantitative estimate of drug-likeness (QED) is 0.822. The van der Waals surface area contributed by atoms with Crippen LogP contribution in [0.5, 0.6) is 5.75 Å². The first-order chi connectivity index (χ1) is 11.1. The van der Waals surface area contributed by atoms with Crippen molar-refractivity contribution in [2.45, 2.75) is 31.5 Å². The second-order valence-electron chi connectivity index (χ2n) is 6.36. The largest absolute Gasteiger partial charge is 0.496 e. The summed E-state index contributed by atoms with van der Waals surface area (Å²) in [5.74, 6) is 0.582. The van der Waals surface area contributed by atoms with E-state index in [-0.39, 0.29) is 17.9 Å². The lowest BCUT2D eigenvalue weighted by Crippen LogP contribution is -2.48. The lowest BCUT2D eigenvalue weighted by molar-refractivity contribution is -0.136. The summed E-state index contributed by atoms with van der Waals surface area (Å²) in [6.45, 7) is 3.69. The molecule has 3 aliphatic rings. The molecule has 1 spiro atoms. The third-order valence-electron chi connectivity index (χ3n) is 5.33. The van der Waals surface area contributed by atoms with Crippen LogP contribution in [-0.4, -0.2) is 60.2 Å². The molecule has 3 aliphatic heterocycles. The SMILES string of the molecule is COc1cccc(C)c1C(=O)N1CC[C@@]23OCCN2C(=O)C[C@@H]13. The Morgan fingerprint density at radius 2 is 2.22 bits per heavy atom. The Kier molecular flexibility index (Phi) is 3.13. The van der Waals surface area contributed by atoms with Gasteiger partial charge in [0.1, 0.15) is 5.75 Å². The van der Waals surface area contributed by atoms with E-state index in [1.54, 1.807) is 18.1 Å². The molecule has 23 heavy (non-hydrogen) atoms. The van der Waals surface area contributed by atoms with Crippen LogP contribution in [0.15, 0.2) is 18.2 Å². The fourth-order valence-corrected chi connectivity index (χ4v) is 4.26. The fourth-order valence-electron chi connectivity index (χ4n) is 4.26. The second kappa shape index (κ2) is 4.96. The summed E-state index contributed by atoms with van der Waals surface area (Å²) in [5, 5.41) is 0. The highest BCUT2D eigenvalue weighted by Crippen LogP contribution is 2.46. The van der Waals surface area contributed by atoms with Crippen LogP contribution in [0.1, 0.15) is 28.8 Å². The van der Waals surface area contributed by atoms with Crippen molar-refractivity contribution in [3.8, 4) is 5.75 Å². The molecule has 0 N–H and O–H groups in total. The molecule has 0 radical (unpaired) electrons. The molecule has 0 aliphatic carbocycles. The van der Waals surface area contributed by atoms with Gasteiger partial charge in [0.2, 0.25) is 5.91 Å². The van der Waals surface area contributed by atoms with Crippen molar-refractivity contribution in [2.24, 2.45) is 0 Å². The Morgan fingerprint density at radius 1 is 1.39 bits per heavy atom. The minimum Gasteiger partial charge on any atom is -0.496 e. The predicted octanol–water partition coefficient (Wildman–Crippen LogP) is 1.18. The molecule has 0 bridgehead atoms. The van der Waals surface area contributed by atoms with Crippen molar-refractivity contribution in [3.05, 3.63) is 29.3 Å². The molecule has 6 heteroatoms. The van der Waals surface area contributed by atoms with Crippen LogP contribution in [0.2, 0.25) is 0 Å². The van der Waals surface area contributed by atoms with E-state index in [2.05, 4.69) is 0 Å². The molecular weight excluding hydrogens is 296 g/mol. The van der Waals surface area contributed by atoms with Gasteiger partial charge in [-0.2, -0.15) is 0 Å². The molecule has 0 unspecified atom stereocenters. The summed E-state index contributed by atoms with van der Waals surface area (Å²) >= 11 is 0. The van der Waals surface area contributed by atoms with E-state index in [1.807, 2.05) is 24.0 Å². The number of nitrogens with zero attached hydrogens (tertiary/aromatic N) is 2. The number of hydrogen-bond acceptors (Lipinski definition) is 4. The highest BCUT2D eigenvalue weighted by atomic mass is 16.5. The van der Waals surface area contributed by atoms with E-state index in [0.29, 0.717) is 43.9 Å². The van der Waals surface area contributed by atoms with Gasteiger partial charge in [-0.25, -0.2) is 0 Å². The van der Waals surface area contributed by atoms with Crippen LogP contribution in [-0.2, 0) is 9.53 Å². The lowest BCUT2D eigenvalue weighted by Gasteiger charge is -2.31. The van der Waals surface area contributed by atoms with Crippen molar-refractivity contribution in [3.63, 3.8) is 0 Å². The number of methoxy groups -OCH3 is 1. The maximum atomic E-state index is 13.1. The Morgan fingerprint density at radius 3 is 3.00 bits per heavy atom. The van der Waals surface area contributed by atoms with Crippen LogP contribution in [0, 0.1) is 6.92 Å². The Hall–Kier alpha value is -2.08. The average molecular weight is 316 g/mol. The van der Waals surface area contributed by atoms with Gasteiger partial charge in [-0.1, -0.05) is 12.1 Å². The van der Waals surface area contributed by atoms with Crippen molar-refractivity contribution < 1.29 is 19.1 Å². The first kappa shape index (κ1) is 14.5. The summed E-state index contributed by atoms with van der Waals surface area (Å²) < 4.78 is 11.3. The maximum Gasteiger partial charge on any atom is 0.258 e. The van der Waals surface area contributed by atoms with Gasteiger partial charge in [0, 0.05) is 19.5 Å². The summed E-state index contributed by atoms with van der Waals surface area (Å²) in [6.07, 6.45) is 1.03. The topological polar surface area (TPSA) is 59.1 Å². The van der Waals surface area contributed by atoms with E-state index in [1.165, 1.54) is 0 Å². The van der Waals surface area contributed by atoms with Crippen LogP contribution < -0.4 is 4.74 Å². The number of aryl methyl sites for hydroxylation is 1. The maximum absolute atomic E-state index is 13.1. The number of rotatable bonds is 2. The fraction of sp³-hybridized carbons (Fsp3) is 0.529. The lowest BCUT2D eigenvalue weighted by atomic mass is 10.0. The highest BCUT2D eigenvalue weighted by Gasteiger charge is 2.63. The molecule has 2 atom stereocenters. The van der Waals surface area contributed by atoms with E-state index in [0.717, 1.165) is 5.56 Å². The number of benzene rings is 1. The molecule has 1 aromatic rings. The second-order valence-corrected chi connectivity index (χ2v) is 6.36. The van der Waals surface area contributed by atoms with Gasteiger partial charge in [0.05, 0.1) is 31.7 Å².